The molecule has 1 aliphatic rings. The van der Waals surface area contributed by atoms with Gasteiger partial charge in [-0.25, -0.2) is 18.1 Å². The van der Waals surface area contributed by atoms with Crippen molar-refractivity contribution in [1.82, 2.24) is 14.6 Å². The predicted octanol–water partition coefficient (Wildman–Crippen LogP) is 0.824. The van der Waals surface area contributed by atoms with Crippen molar-refractivity contribution in [3.05, 3.63) is 11.2 Å². The van der Waals surface area contributed by atoms with Crippen molar-refractivity contribution < 1.29 is 8.42 Å². The molecule has 0 atom stereocenters. The molecule has 0 spiro atoms. The van der Waals surface area contributed by atoms with Crippen LogP contribution in [0.4, 0.5) is 0 Å². The third kappa shape index (κ3) is 3.04. The summed E-state index contributed by atoms with van der Waals surface area (Å²) in [6.45, 7) is 3.60. The van der Waals surface area contributed by atoms with Gasteiger partial charge in [0, 0.05) is 6.04 Å². The van der Waals surface area contributed by atoms with E-state index in [1.165, 1.54) is 11.3 Å². The number of thiazole rings is 1. The Bertz CT molecular complexity index is 475. The van der Waals surface area contributed by atoms with Gasteiger partial charge >= 0.3 is 0 Å². The van der Waals surface area contributed by atoms with E-state index in [1.54, 1.807) is 12.4 Å². The summed E-state index contributed by atoms with van der Waals surface area (Å²) in [6.07, 6.45) is 1.74. The maximum Gasteiger partial charge on any atom is 0.252 e. The molecular formula is C10H17N3O2S2. The lowest BCUT2D eigenvalue weighted by Crippen LogP contribution is -2.43. The fraction of sp³-hybridized carbons (Fsp3) is 0.700. The molecule has 0 saturated carbocycles. The minimum absolute atomic E-state index is 0.0534. The molecule has 0 radical (unpaired) electrons. The number of hydrogen-bond acceptors (Lipinski definition) is 5. The molecule has 0 aromatic carbocycles. The van der Waals surface area contributed by atoms with Crippen molar-refractivity contribution in [2.75, 3.05) is 20.1 Å². The second kappa shape index (κ2) is 5.01. The zero-order valence-electron chi connectivity index (χ0n) is 10.0. The molecule has 1 saturated heterocycles. The molecule has 2 heterocycles. The van der Waals surface area contributed by atoms with Crippen LogP contribution in [0.1, 0.15) is 18.5 Å². The normalized spacial score (nSPS) is 19.6. The predicted molar refractivity (Wildman–Crippen MR) is 67.7 cm³/mol. The highest BCUT2D eigenvalue weighted by Gasteiger charge is 2.25. The van der Waals surface area contributed by atoms with Crippen molar-refractivity contribution in [3.8, 4) is 0 Å². The average molecular weight is 275 g/mol. The molecule has 1 aliphatic heterocycles. The van der Waals surface area contributed by atoms with Gasteiger partial charge in [0.2, 0.25) is 0 Å². The van der Waals surface area contributed by atoms with Gasteiger partial charge < -0.3 is 4.90 Å². The first-order chi connectivity index (χ1) is 7.99. The number of likely N-dealkylation sites (tertiary alicyclic amines) is 1. The van der Waals surface area contributed by atoms with Crippen molar-refractivity contribution >= 4 is 21.4 Å². The average Bonchev–Trinajstić information content (AvgIpc) is 2.68. The number of sulfonamides is 1. The van der Waals surface area contributed by atoms with Crippen LogP contribution in [-0.2, 0) is 10.0 Å². The van der Waals surface area contributed by atoms with E-state index >= 15 is 0 Å². The Morgan fingerprint density at radius 1 is 1.47 bits per heavy atom. The number of aromatic nitrogens is 1. The molecule has 17 heavy (non-hydrogen) atoms. The zero-order chi connectivity index (χ0) is 12.5. The lowest BCUT2D eigenvalue weighted by molar-refractivity contribution is 0.248. The van der Waals surface area contributed by atoms with Crippen molar-refractivity contribution in [3.63, 3.8) is 0 Å². The fourth-order valence-electron chi connectivity index (χ4n) is 1.95. The lowest BCUT2D eigenvalue weighted by atomic mass is 10.1. The van der Waals surface area contributed by atoms with E-state index in [1.807, 2.05) is 0 Å². The quantitative estimate of drug-likeness (QED) is 0.887. The van der Waals surface area contributed by atoms with Crippen LogP contribution in [0.3, 0.4) is 0 Å². The number of rotatable bonds is 3. The van der Waals surface area contributed by atoms with Crippen LogP contribution in [0, 0.1) is 6.92 Å². The molecule has 2 rings (SSSR count). The first-order valence-corrected chi connectivity index (χ1v) is 7.96. The summed E-state index contributed by atoms with van der Waals surface area (Å²) in [5.41, 5.74) is 2.15. The molecule has 7 heteroatoms. The van der Waals surface area contributed by atoms with E-state index in [2.05, 4.69) is 21.7 Å². The molecule has 0 amide bonds. The Kier molecular flexibility index (Phi) is 3.82. The maximum atomic E-state index is 12.1. The minimum Gasteiger partial charge on any atom is -0.306 e. The summed E-state index contributed by atoms with van der Waals surface area (Å²) in [6, 6.07) is 0.0534. The molecule has 0 unspecified atom stereocenters. The molecular weight excluding hydrogens is 258 g/mol. The Balaban J connectivity index is 2.06. The Morgan fingerprint density at radius 2 is 2.12 bits per heavy atom. The summed E-state index contributed by atoms with van der Waals surface area (Å²) >= 11 is 1.17. The van der Waals surface area contributed by atoms with Gasteiger partial charge in [0.1, 0.15) is 0 Å². The van der Waals surface area contributed by atoms with Crippen molar-refractivity contribution in [2.45, 2.75) is 30.0 Å². The topological polar surface area (TPSA) is 62.3 Å². The first kappa shape index (κ1) is 12.9. The largest absolute Gasteiger partial charge is 0.306 e. The number of piperidine rings is 1. The monoisotopic (exact) mass is 275 g/mol. The Morgan fingerprint density at radius 3 is 2.65 bits per heavy atom. The van der Waals surface area contributed by atoms with Gasteiger partial charge in [-0.05, 0) is 39.9 Å². The molecule has 1 aromatic rings. The summed E-state index contributed by atoms with van der Waals surface area (Å²) in [5.74, 6) is 0. The zero-order valence-corrected chi connectivity index (χ0v) is 11.6. The molecule has 1 fully saturated rings. The smallest absolute Gasteiger partial charge is 0.252 e. The van der Waals surface area contributed by atoms with Crippen LogP contribution in [0.15, 0.2) is 9.72 Å². The molecule has 96 valence electrons. The lowest BCUT2D eigenvalue weighted by Gasteiger charge is -2.29. The summed E-state index contributed by atoms with van der Waals surface area (Å²) in [4.78, 5) is 6.19. The third-order valence-electron chi connectivity index (χ3n) is 2.99. The summed E-state index contributed by atoms with van der Waals surface area (Å²) in [5, 5.41) is 0. The molecule has 5 nitrogen and oxygen atoms in total. The van der Waals surface area contributed by atoms with Crippen LogP contribution in [0.25, 0.3) is 0 Å². The number of nitrogens with one attached hydrogen (secondary N) is 1. The number of nitrogens with zero attached hydrogens (tertiary/aromatic N) is 2. The highest BCUT2D eigenvalue weighted by molar-refractivity contribution is 7.91. The molecule has 0 aliphatic carbocycles. The van der Waals surface area contributed by atoms with Gasteiger partial charge in [-0.15, -0.1) is 11.3 Å². The van der Waals surface area contributed by atoms with E-state index in [4.69, 9.17) is 0 Å². The van der Waals surface area contributed by atoms with Gasteiger partial charge in [-0.2, -0.15) is 0 Å². The Hall–Kier alpha value is -0.500. The number of hydrogen-bond donors (Lipinski definition) is 1. The SMILES string of the molecule is Cc1ncsc1S(=O)(=O)NC1CCN(C)CC1. The van der Waals surface area contributed by atoms with Gasteiger partial charge in [-0.1, -0.05) is 0 Å². The van der Waals surface area contributed by atoms with E-state index in [9.17, 15) is 8.42 Å². The van der Waals surface area contributed by atoms with Crippen molar-refractivity contribution in [1.29, 1.82) is 0 Å². The van der Waals surface area contributed by atoms with E-state index in [0.29, 0.717) is 9.90 Å². The van der Waals surface area contributed by atoms with Crippen LogP contribution < -0.4 is 4.72 Å². The van der Waals surface area contributed by atoms with E-state index < -0.39 is 10.0 Å². The molecule has 0 bridgehead atoms. The Labute approximate surface area is 106 Å². The van der Waals surface area contributed by atoms with E-state index in [-0.39, 0.29) is 6.04 Å². The van der Waals surface area contributed by atoms with Gasteiger partial charge in [0.05, 0.1) is 11.2 Å². The van der Waals surface area contributed by atoms with Crippen LogP contribution in [0.5, 0.6) is 0 Å². The second-order valence-corrected chi connectivity index (χ2v) is 7.19. The van der Waals surface area contributed by atoms with Gasteiger partial charge in [0.25, 0.3) is 10.0 Å². The fourth-order valence-corrected chi connectivity index (χ4v) is 4.48. The van der Waals surface area contributed by atoms with E-state index in [0.717, 1.165) is 25.9 Å². The third-order valence-corrected chi connectivity index (χ3v) is 6.08. The number of aryl methyl sites for hydroxylation is 1. The second-order valence-electron chi connectivity index (χ2n) is 4.42. The minimum atomic E-state index is -3.38. The van der Waals surface area contributed by atoms with Crippen LogP contribution in [-0.4, -0.2) is 44.5 Å². The standard InChI is InChI=1S/C10H17N3O2S2/c1-8-10(16-7-11-8)17(14,15)12-9-3-5-13(2)6-4-9/h7,9,12H,3-6H2,1-2H3. The van der Waals surface area contributed by atoms with Crippen molar-refractivity contribution in [2.24, 2.45) is 0 Å². The molecule has 1 aromatic heterocycles. The summed E-state index contributed by atoms with van der Waals surface area (Å²) < 4.78 is 27.3. The van der Waals surface area contributed by atoms with Crippen LogP contribution >= 0.6 is 11.3 Å². The molecule has 1 N–H and O–H groups in total. The maximum absolute atomic E-state index is 12.1. The van der Waals surface area contributed by atoms with Gasteiger partial charge in [0.15, 0.2) is 4.21 Å². The van der Waals surface area contributed by atoms with Crippen LogP contribution in [0.2, 0.25) is 0 Å². The summed E-state index contributed by atoms with van der Waals surface area (Å²) in [7, 11) is -1.32. The highest BCUT2D eigenvalue weighted by Crippen LogP contribution is 2.20. The highest BCUT2D eigenvalue weighted by atomic mass is 32.2. The van der Waals surface area contributed by atoms with Gasteiger partial charge in [-0.3, -0.25) is 0 Å². The first-order valence-electron chi connectivity index (χ1n) is 5.60.